The first-order valence-corrected chi connectivity index (χ1v) is 12.4. The summed E-state index contributed by atoms with van der Waals surface area (Å²) in [6, 6.07) is 14.2. The van der Waals surface area contributed by atoms with Gasteiger partial charge in [-0.3, -0.25) is 19.5 Å². The number of aromatic nitrogens is 3. The van der Waals surface area contributed by atoms with Crippen molar-refractivity contribution in [3.63, 3.8) is 0 Å². The molecule has 0 spiro atoms. The number of anilines is 1. The molecular weight excluding hydrogens is 440 g/mol. The molecule has 4 heterocycles. The Bertz CT molecular complexity index is 1210. The Balaban J connectivity index is 1.34. The lowest BCUT2D eigenvalue weighted by Gasteiger charge is -2.39. The van der Waals surface area contributed by atoms with Crippen molar-refractivity contribution in [1.82, 2.24) is 24.6 Å². The van der Waals surface area contributed by atoms with Gasteiger partial charge >= 0.3 is 0 Å². The molecule has 35 heavy (non-hydrogen) atoms. The molecule has 1 atom stereocenters. The summed E-state index contributed by atoms with van der Waals surface area (Å²) in [5.74, 6) is 0.0134. The fraction of sp³-hybridized carbons (Fsp3) is 0.407. The van der Waals surface area contributed by atoms with Crippen molar-refractivity contribution in [1.29, 1.82) is 0 Å². The van der Waals surface area contributed by atoms with Crippen molar-refractivity contribution in [2.75, 3.05) is 44.2 Å². The van der Waals surface area contributed by atoms with Crippen molar-refractivity contribution in [2.45, 2.75) is 32.9 Å². The SMILES string of the molecule is Cc1cc(C)n(C(C=O)N2CCN(c3ccccc3-c3ccnc(C(=O)N4CCCC4)c3)CC2)n1. The topological polar surface area (TPSA) is 74.6 Å². The highest BCUT2D eigenvalue weighted by molar-refractivity contribution is 5.94. The average molecular weight is 473 g/mol. The standard InChI is InChI=1S/C27H32N6O2/c1-20-17-21(2)33(29-20)26(19-34)31-15-13-30(14-16-31)25-8-4-3-7-23(25)22-9-10-28-24(18-22)27(35)32-11-5-6-12-32/h3-4,7-10,17-19,26H,5-6,11-16H2,1-2H3. The largest absolute Gasteiger partial charge is 0.368 e. The molecule has 1 unspecified atom stereocenters. The molecule has 3 aromatic rings. The summed E-state index contributed by atoms with van der Waals surface area (Å²) >= 11 is 0. The highest BCUT2D eigenvalue weighted by Crippen LogP contribution is 2.32. The molecule has 0 N–H and O–H groups in total. The Labute approximate surface area is 206 Å². The summed E-state index contributed by atoms with van der Waals surface area (Å²) in [5.41, 5.74) is 5.62. The van der Waals surface area contributed by atoms with Crippen LogP contribution in [0.3, 0.4) is 0 Å². The van der Waals surface area contributed by atoms with Crippen LogP contribution in [0, 0.1) is 13.8 Å². The maximum Gasteiger partial charge on any atom is 0.272 e. The first-order chi connectivity index (χ1) is 17.0. The lowest BCUT2D eigenvalue weighted by molar-refractivity contribution is -0.116. The van der Waals surface area contributed by atoms with Crippen LogP contribution in [0.2, 0.25) is 0 Å². The molecule has 182 valence electrons. The normalized spacial score (nSPS) is 17.5. The third-order valence-corrected chi connectivity index (χ3v) is 7.03. The monoisotopic (exact) mass is 472 g/mol. The number of benzene rings is 1. The first-order valence-electron chi connectivity index (χ1n) is 12.4. The van der Waals surface area contributed by atoms with E-state index in [9.17, 15) is 9.59 Å². The molecule has 2 aromatic heterocycles. The molecule has 1 amide bonds. The summed E-state index contributed by atoms with van der Waals surface area (Å²) in [6.07, 6.45) is 4.45. The lowest BCUT2D eigenvalue weighted by atomic mass is 10.0. The highest BCUT2D eigenvalue weighted by Gasteiger charge is 2.27. The molecule has 0 bridgehead atoms. The van der Waals surface area contributed by atoms with Gasteiger partial charge in [-0.15, -0.1) is 0 Å². The molecule has 0 aliphatic carbocycles. The molecule has 0 radical (unpaired) electrons. The predicted molar refractivity (Wildman–Crippen MR) is 135 cm³/mol. The van der Waals surface area contributed by atoms with Crippen molar-refractivity contribution < 1.29 is 9.59 Å². The van der Waals surface area contributed by atoms with Gasteiger partial charge in [0.15, 0.2) is 12.5 Å². The van der Waals surface area contributed by atoms with E-state index in [2.05, 4.69) is 32.0 Å². The van der Waals surface area contributed by atoms with E-state index >= 15 is 0 Å². The van der Waals surface area contributed by atoms with Crippen LogP contribution in [0.25, 0.3) is 11.1 Å². The van der Waals surface area contributed by atoms with Crippen LogP contribution in [0.5, 0.6) is 0 Å². The number of nitrogens with zero attached hydrogens (tertiary/aromatic N) is 6. The van der Waals surface area contributed by atoms with E-state index in [-0.39, 0.29) is 12.1 Å². The number of aryl methyl sites for hydroxylation is 2. The van der Waals surface area contributed by atoms with Crippen LogP contribution in [0.15, 0.2) is 48.7 Å². The molecule has 2 aliphatic heterocycles. The summed E-state index contributed by atoms with van der Waals surface area (Å²) in [5, 5.41) is 4.53. The second kappa shape index (κ2) is 10.00. The number of rotatable bonds is 6. The molecule has 8 heteroatoms. The minimum absolute atomic E-state index is 0.0134. The van der Waals surface area contributed by atoms with E-state index in [4.69, 9.17) is 0 Å². The third-order valence-electron chi connectivity index (χ3n) is 7.03. The van der Waals surface area contributed by atoms with Gasteiger partial charge in [-0.05, 0) is 56.5 Å². The Hall–Kier alpha value is -3.52. The van der Waals surface area contributed by atoms with E-state index in [0.717, 1.165) is 86.6 Å². The molecular formula is C27H32N6O2. The number of amides is 1. The quantitative estimate of drug-likeness (QED) is 0.513. The molecule has 2 fully saturated rings. The maximum absolute atomic E-state index is 12.9. The minimum Gasteiger partial charge on any atom is -0.368 e. The molecule has 8 nitrogen and oxygen atoms in total. The van der Waals surface area contributed by atoms with Crippen molar-refractivity contribution >= 4 is 17.9 Å². The van der Waals surface area contributed by atoms with Crippen LogP contribution in [0.1, 0.15) is 40.9 Å². The zero-order chi connectivity index (χ0) is 24.4. The van der Waals surface area contributed by atoms with Gasteiger partial charge in [0, 0.05) is 62.4 Å². The zero-order valence-corrected chi connectivity index (χ0v) is 20.4. The van der Waals surface area contributed by atoms with Crippen molar-refractivity contribution in [3.05, 3.63) is 65.7 Å². The third kappa shape index (κ3) is 4.71. The summed E-state index contributed by atoms with van der Waals surface area (Å²) in [4.78, 5) is 35.7. The van der Waals surface area contributed by atoms with E-state index in [1.165, 1.54) is 0 Å². The summed E-state index contributed by atoms with van der Waals surface area (Å²) in [6.45, 7) is 8.66. The van der Waals surface area contributed by atoms with Gasteiger partial charge in [-0.25, -0.2) is 4.68 Å². The number of piperazine rings is 1. The Morgan fingerprint density at radius 3 is 2.40 bits per heavy atom. The van der Waals surface area contributed by atoms with Crippen molar-refractivity contribution in [2.24, 2.45) is 0 Å². The number of likely N-dealkylation sites (tertiary alicyclic amines) is 1. The smallest absolute Gasteiger partial charge is 0.272 e. The minimum atomic E-state index is -0.388. The fourth-order valence-corrected chi connectivity index (χ4v) is 5.23. The van der Waals surface area contributed by atoms with Gasteiger partial charge in [0.05, 0.1) is 5.69 Å². The number of para-hydroxylation sites is 1. The van der Waals surface area contributed by atoms with E-state index in [1.54, 1.807) is 6.20 Å². The van der Waals surface area contributed by atoms with Crippen LogP contribution >= 0.6 is 0 Å². The van der Waals surface area contributed by atoms with E-state index < -0.39 is 0 Å². The fourth-order valence-electron chi connectivity index (χ4n) is 5.23. The molecule has 2 saturated heterocycles. The number of carbonyl (C=O) groups is 2. The Morgan fingerprint density at radius 1 is 0.971 bits per heavy atom. The number of carbonyl (C=O) groups excluding carboxylic acids is 2. The van der Waals surface area contributed by atoms with Crippen LogP contribution in [-0.4, -0.2) is 76.0 Å². The van der Waals surface area contributed by atoms with Crippen LogP contribution < -0.4 is 4.90 Å². The highest BCUT2D eigenvalue weighted by atomic mass is 16.2. The predicted octanol–water partition coefficient (Wildman–Crippen LogP) is 3.32. The maximum atomic E-state index is 12.9. The molecule has 5 rings (SSSR count). The Morgan fingerprint density at radius 2 is 1.71 bits per heavy atom. The average Bonchev–Trinajstić information content (AvgIpc) is 3.54. The molecule has 2 aliphatic rings. The van der Waals surface area contributed by atoms with Gasteiger partial charge in [-0.1, -0.05) is 18.2 Å². The van der Waals surface area contributed by atoms with Gasteiger partial charge in [0.1, 0.15) is 5.69 Å². The number of hydrogen-bond donors (Lipinski definition) is 0. The zero-order valence-electron chi connectivity index (χ0n) is 20.4. The van der Waals surface area contributed by atoms with Gasteiger partial charge < -0.3 is 9.80 Å². The second-order valence-corrected chi connectivity index (χ2v) is 9.39. The summed E-state index contributed by atoms with van der Waals surface area (Å²) in [7, 11) is 0. The summed E-state index contributed by atoms with van der Waals surface area (Å²) < 4.78 is 1.82. The number of aldehydes is 1. The number of hydrogen-bond acceptors (Lipinski definition) is 6. The van der Waals surface area contributed by atoms with Gasteiger partial charge in [0.2, 0.25) is 0 Å². The lowest BCUT2D eigenvalue weighted by Crippen LogP contribution is -2.49. The Kier molecular flexibility index (Phi) is 6.63. The first kappa shape index (κ1) is 23.2. The van der Waals surface area contributed by atoms with Gasteiger partial charge in [-0.2, -0.15) is 5.10 Å². The van der Waals surface area contributed by atoms with Crippen molar-refractivity contribution in [3.8, 4) is 11.1 Å². The van der Waals surface area contributed by atoms with Crippen LogP contribution in [0.4, 0.5) is 5.69 Å². The number of pyridine rings is 1. The van der Waals surface area contributed by atoms with Gasteiger partial charge in [0.25, 0.3) is 5.91 Å². The molecule has 0 saturated carbocycles. The second-order valence-electron chi connectivity index (χ2n) is 9.39. The molecule has 1 aromatic carbocycles. The van der Waals surface area contributed by atoms with E-state index in [1.807, 2.05) is 53.8 Å². The van der Waals surface area contributed by atoms with E-state index in [0.29, 0.717) is 5.69 Å². The van der Waals surface area contributed by atoms with Crippen LogP contribution in [-0.2, 0) is 4.79 Å².